The Hall–Kier alpha value is -2.38. The molecule has 25 heavy (non-hydrogen) atoms. The second kappa shape index (κ2) is 7.25. The maximum absolute atomic E-state index is 9.77. The molecule has 4 nitrogen and oxygen atoms in total. The highest BCUT2D eigenvalue weighted by atomic mass is 16.5. The van der Waals surface area contributed by atoms with E-state index in [-0.39, 0.29) is 6.10 Å². The Morgan fingerprint density at radius 1 is 1.12 bits per heavy atom. The lowest BCUT2D eigenvalue weighted by Crippen LogP contribution is -2.21. The molecule has 1 aliphatic carbocycles. The van der Waals surface area contributed by atoms with Crippen molar-refractivity contribution in [2.45, 2.75) is 44.6 Å². The number of hydrogen-bond acceptors (Lipinski definition) is 4. The van der Waals surface area contributed by atoms with E-state index >= 15 is 0 Å². The highest BCUT2D eigenvalue weighted by Gasteiger charge is 2.23. The number of nitrogens with one attached hydrogen (secondary N) is 1. The first-order valence-electron chi connectivity index (χ1n) is 9.23. The number of pyridine rings is 1. The van der Waals surface area contributed by atoms with E-state index in [0.29, 0.717) is 6.54 Å². The molecule has 2 heterocycles. The van der Waals surface area contributed by atoms with Gasteiger partial charge in [-0.1, -0.05) is 30.3 Å². The number of fused-ring (bicyclic) bond motifs is 1. The Morgan fingerprint density at radius 3 is 2.64 bits per heavy atom. The Labute approximate surface area is 148 Å². The molecule has 1 unspecified atom stereocenters. The molecule has 1 fully saturated rings. The molecule has 1 aromatic heterocycles. The van der Waals surface area contributed by atoms with Crippen LogP contribution in [0.25, 0.3) is 11.3 Å². The SMILES string of the molecule is N#Cc1c(NCC2CCCO2)nc(-c2ccccc2)c2c1CCCC2. The van der Waals surface area contributed by atoms with Crippen LogP contribution >= 0.6 is 0 Å². The van der Waals surface area contributed by atoms with Crippen LogP contribution in [0, 0.1) is 11.3 Å². The molecule has 4 heteroatoms. The van der Waals surface area contributed by atoms with Crippen LogP contribution < -0.4 is 5.32 Å². The molecule has 1 atom stereocenters. The van der Waals surface area contributed by atoms with Gasteiger partial charge in [-0.2, -0.15) is 5.26 Å². The van der Waals surface area contributed by atoms with Gasteiger partial charge in [0.05, 0.1) is 17.4 Å². The summed E-state index contributed by atoms with van der Waals surface area (Å²) in [5.74, 6) is 0.720. The zero-order valence-electron chi connectivity index (χ0n) is 14.4. The summed E-state index contributed by atoms with van der Waals surface area (Å²) in [5, 5.41) is 13.2. The van der Waals surface area contributed by atoms with Crippen LogP contribution in [0.15, 0.2) is 30.3 Å². The smallest absolute Gasteiger partial charge is 0.145 e. The van der Waals surface area contributed by atoms with Crippen molar-refractivity contribution in [1.29, 1.82) is 5.26 Å². The van der Waals surface area contributed by atoms with Gasteiger partial charge in [0.1, 0.15) is 11.9 Å². The topological polar surface area (TPSA) is 57.9 Å². The second-order valence-electron chi connectivity index (χ2n) is 6.84. The number of rotatable bonds is 4. The van der Waals surface area contributed by atoms with Crippen LogP contribution in [0.5, 0.6) is 0 Å². The van der Waals surface area contributed by atoms with Crippen molar-refractivity contribution < 1.29 is 4.74 Å². The van der Waals surface area contributed by atoms with Gasteiger partial charge in [0.25, 0.3) is 0 Å². The Balaban J connectivity index is 1.75. The number of benzene rings is 1. The highest BCUT2D eigenvalue weighted by Crippen LogP contribution is 2.35. The monoisotopic (exact) mass is 333 g/mol. The van der Waals surface area contributed by atoms with Gasteiger partial charge in [0.2, 0.25) is 0 Å². The summed E-state index contributed by atoms with van der Waals surface area (Å²) in [6.45, 7) is 1.55. The van der Waals surface area contributed by atoms with E-state index in [1.54, 1.807) is 0 Å². The van der Waals surface area contributed by atoms with Crippen molar-refractivity contribution in [2.24, 2.45) is 0 Å². The van der Waals surface area contributed by atoms with Crippen LogP contribution in [0.2, 0.25) is 0 Å². The van der Waals surface area contributed by atoms with Crippen molar-refractivity contribution in [3.8, 4) is 17.3 Å². The summed E-state index contributed by atoms with van der Waals surface area (Å²) in [5.41, 5.74) is 5.34. The third-order valence-electron chi connectivity index (χ3n) is 5.20. The summed E-state index contributed by atoms with van der Waals surface area (Å²) in [6, 6.07) is 12.7. The largest absolute Gasteiger partial charge is 0.376 e. The lowest BCUT2D eigenvalue weighted by Gasteiger charge is -2.23. The third-order valence-corrected chi connectivity index (χ3v) is 5.20. The van der Waals surface area contributed by atoms with Crippen molar-refractivity contribution in [1.82, 2.24) is 4.98 Å². The number of nitriles is 1. The van der Waals surface area contributed by atoms with Crippen molar-refractivity contribution in [2.75, 3.05) is 18.5 Å². The van der Waals surface area contributed by atoms with Crippen LogP contribution in [-0.4, -0.2) is 24.2 Å². The Morgan fingerprint density at radius 2 is 1.92 bits per heavy atom. The first-order valence-corrected chi connectivity index (χ1v) is 9.23. The second-order valence-corrected chi connectivity index (χ2v) is 6.84. The number of nitrogens with zero attached hydrogens (tertiary/aromatic N) is 2. The summed E-state index contributed by atoms with van der Waals surface area (Å²) >= 11 is 0. The van der Waals surface area contributed by atoms with Crippen LogP contribution in [0.3, 0.4) is 0 Å². The molecule has 4 rings (SSSR count). The zero-order chi connectivity index (χ0) is 17.1. The molecule has 1 N–H and O–H groups in total. The van der Waals surface area contributed by atoms with Crippen LogP contribution in [0.4, 0.5) is 5.82 Å². The lowest BCUT2D eigenvalue weighted by molar-refractivity contribution is 0.120. The quantitative estimate of drug-likeness (QED) is 0.915. The fourth-order valence-corrected chi connectivity index (χ4v) is 3.92. The van der Waals surface area contributed by atoms with E-state index < -0.39 is 0 Å². The molecule has 128 valence electrons. The van der Waals surface area contributed by atoms with Gasteiger partial charge in [-0.3, -0.25) is 0 Å². The molecular weight excluding hydrogens is 310 g/mol. The zero-order valence-corrected chi connectivity index (χ0v) is 14.4. The first-order chi connectivity index (χ1) is 12.4. The van der Waals surface area contributed by atoms with Gasteiger partial charge >= 0.3 is 0 Å². The van der Waals surface area contributed by atoms with E-state index in [9.17, 15) is 5.26 Å². The van der Waals surface area contributed by atoms with E-state index in [4.69, 9.17) is 9.72 Å². The average Bonchev–Trinajstić information content (AvgIpc) is 3.19. The molecule has 0 radical (unpaired) electrons. The molecule has 0 saturated carbocycles. The lowest BCUT2D eigenvalue weighted by atomic mass is 9.86. The fraction of sp³-hybridized carbons (Fsp3) is 0.429. The molecule has 1 saturated heterocycles. The van der Waals surface area contributed by atoms with Crippen LogP contribution in [-0.2, 0) is 17.6 Å². The van der Waals surface area contributed by atoms with E-state index in [0.717, 1.165) is 61.3 Å². The molecule has 1 aromatic carbocycles. The van der Waals surface area contributed by atoms with Gasteiger partial charge in [0, 0.05) is 18.7 Å². The molecule has 0 bridgehead atoms. The van der Waals surface area contributed by atoms with Gasteiger partial charge in [-0.15, -0.1) is 0 Å². The highest BCUT2D eigenvalue weighted by molar-refractivity contribution is 5.72. The van der Waals surface area contributed by atoms with Gasteiger partial charge in [0.15, 0.2) is 0 Å². The maximum Gasteiger partial charge on any atom is 0.145 e. The van der Waals surface area contributed by atoms with E-state index in [1.165, 1.54) is 17.5 Å². The average molecular weight is 333 g/mol. The summed E-state index contributed by atoms with van der Waals surface area (Å²) in [4.78, 5) is 4.90. The Bertz CT molecular complexity index is 789. The third kappa shape index (κ3) is 3.25. The van der Waals surface area contributed by atoms with Crippen molar-refractivity contribution in [3.05, 3.63) is 47.0 Å². The number of hydrogen-bond donors (Lipinski definition) is 1. The van der Waals surface area contributed by atoms with Crippen molar-refractivity contribution >= 4 is 5.82 Å². The minimum absolute atomic E-state index is 0.226. The minimum atomic E-state index is 0.226. The Kier molecular flexibility index (Phi) is 4.67. The van der Waals surface area contributed by atoms with Gasteiger partial charge in [-0.25, -0.2) is 4.98 Å². The van der Waals surface area contributed by atoms with E-state index in [1.807, 2.05) is 18.2 Å². The van der Waals surface area contributed by atoms with Crippen LogP contribution in [0.1, 0.15) is 42.4 Å². The van der Waals surface area contributed by atoms with Crippen molar-refractivity contribution in [3.63, 3.8) is 0 Å². The standard InChI is InChI=1S/C21H23N3O/c22-13-19-17-10-4-5-11-18(17)20(15-7-2-1-3-8-15)24-21(19)23-14-16-9-6-12-25-16/h1-3,7-8,16H,4-6,9-12,14H2,(H,23,24). The number of ether oxygens (including phenoxy) is 1. The maximum atomic E-state index is 9.77. The van der Waals surface area contributed by atoms with Gasteiger partial charge in [-0.05, 0) is 49.7 Å². The molecule has 2 aromatic rings. The summed E-state index contributed by atoms with van der Waals surface area (Å²) in [7, 11) is 0. The first kappa shape index (κ1) is 16.1. The number of aromatic nitrogens is 1. The molecule has 1 aliphatic heterocycles. The summed E-state index contributed by atoms with van der Waals surface area (Å²) in [6.07, 6.45) is 6.70. The minimum Gasteiger partial charge on any atom is -0.376 e. The normalized spacial score (nSPS) is 19.2. The molecular formula is C21H23N3O. The summed E-state index contributed by atoms with van der Waals surface area (Å²) < 4.78 is 5.70. The molecule has 0 amide bonds. The predicted octanol–water partition coefficient (Wildman–Crippen LogP) is 4.09. The number of anilines is 1. The van der Waals surface area contributed by atoms with E-state index in [2.05, 4.69) is 23.5 Å². The molecule has 2 aliphatic rings. The predicted molar refractivity (Wildman–Crippen MR) is 98.5 cm³/mol. The molecule has 0 spiro atoms. The fourth-order valence-electron chi connectivity index (χ4n) is 3.92. The van der Waals surface area contributed by atoms with Gasteiger partial charge < -0.3 is 10.1 Å².